The van der Waals surface area contributed by atoms with E-state index in [1.807, 2.05) is 34.6 Å². The highest BCUT2D eigenvalue weighted by Crippen LogP contribution is 2.29. The number of nitrogens with one attached hydrogen (secondary N) is 1. The van der Waals surface area contributed by atoms with Gasteiger partial charge in [0.15, 0.2) is 0 Å². The van der Waals surface area contributed by atoms with Gasteiger partial charge in [-0.25, -0.2) is 12.7 Å². The number of amides is 1. The Bertz CT molecular complexity index is 999. The zero-order chi connectivity index (χ0) is 20.7. The zero-order valence-corrected chi connectivity index (χ0v) is 18.3. The molecule has 2 aromatic rings. The smallest absolute Gasteiger partial charge is 0.256 e. The Labute approximate surface area is 166 Å². The van der Waals surface area contributed by atoms with Crippen LogP contribution in [0.25, 0.3) is 0 Å². The predicted octanol–water partition coefficient (Wildman–Crippen LogP) is 4.38. The predicted molar refractivity (Wildman–Crippen MR) is 110 cm³/mol. The van der Waals surface area contributed by atoms with E-state index in [-0.39, 0.29) is 15.8 Å². The molecule has 0 saturated carbocycles. The van der Waals surface area contributed by atoms with E-state index in [2.05, 4.69) is 5.32 Å². The van der Waals surface area contributed by atoms with E-state index in [0.717, 1.165) is 26.6 Å². The van der Waals surface area contributed by atoms with Crippen LogP contribution in [-0.2, 0) is 10.0 Å². The van der Waals surface area contributed by atoms with Crippen molar-refractivity contribution in [3.63, 3.8) is 0 Å². The second kappa shape index (κ2) is 7.62. The minimum Gasteiger partial charge on any atom is -0.322 e. The molecule has 0 bridgehead atoms. The van der Waals surface area contributed by atoms with Gasteiger partial charge in [-0.3, -0.25) is 4.79 Å². The molecule has 1 N–H and O–H groups in total. The lowest BCUT2D eigenvalue weighted by atomic mass is 9.89. The lowest BCUT2D eigenvalue weighted by Crippen LogP contribution is -2.23. The summed E-state index contributed by atoms with van der Waals surface area (Å²) in [6.45, 7) is 9.89. The summed E-state index contributed by atoms with van der Waals surface area (Å²) >= 11 is 6.07. The van der Waals surface area contributed by atoms with E-state index in [4.69, 9.17) is 11.6 Å². The number of carbonyl (C=O) groups excluding carboxylic acids is 1. The molecule has 0 heterocycles. The number of nitrogens with zero attached hydrogens (tertiary/aromatic N) is 1. The van der Waals surface area contributed by atoms with Gasteiger partial charge in [0.25, 0.3) is 5.91 Å². The van der Waals surface area contributed by atoms with Crippen molar-refractivity contribution in [3.05, 3.63) is 56.6 Å². The third-order valence-electron chi connectivity index (χ3n) is 5.17. The average molecular weight is 409 g/mol. The molecule has 0 aromatic heterocycles. The molecular formula is C20H25ClN2O3S. The molecule has 146 valence electrons. The summed E-state index contributed by atoms with van der Waals surface area (Å²) in [5.41, 5.74) is 6.16. The van der Waals surface area contributed by atoms with Crippen LogP contribution >= 0.6 is 11.6 Å². The highest BCUT2D eigenvalue weighted by Gasteiger charge is 2.23. The van der Waals surface area contributed by atoms with Crippen molar-refractivity contribution in [3.8, 4) is 0 Å². The number of rotatable bonds is 4. The molecule has 0 fully saturated rings. The number of halogens is 1. The maximum Gasteiger partial charge on any atom is 0.256 e. The molecule has 0 saturated heterocycles. The van der Waals surface area contributed by atoms with Crippen LogP contribution in [0.4, 0.5) is 5.69 Å². The first-order chi connectivity index (χ1) is 12.4. The number of anilines is 1. The minimum atomic E-state index is -3.72. The van der Waals surface area contributed by atoms with Gasteiger partial charge in [-0.1, -0.05) is 11.6 Å². The van der Waals surface area contributed by atoms with Crippen LogP contribution in [0, 0.1) is 34.6 Å². The highest BCUT2D eigenvalue weighted by molar-refractivity contribution is 7.89. The first-order valence-corrected chi connectivity index (χ1v) is 10.3. The summed E-state index contributed by atoms with van der Waals surface area (Å²) in [6, 6.07) is 4.44. The Morgan fingerprint density at radius 2 is 1.41 bits per heavy atom. The van der Waals surface area contributed by atoms with Gasteiger partial charge < -0.3 is 5.32 Å². The van der Waals surface area contributed by atoms with Crippen molar-refractivity contribution in [1.29, 1.82) is 0 Å². The molecule has 27 heavy (non-hydrogen) atoms. The maximum absolute atomic E-state index is 12.9. The summed E-state index contributed by atoms with van der Waals surface area (Å²) in [7, 11) is -0.852. The van der Waals surface area contributed by atoms with Crippen LogP contribution in [0.1, 0.15) is 38.2 Å². The van der Waals surface area contributed by atoms with Crippen molar-refractivity contribution < 1.29 is 13.2 Å². The van der Waals surface area contributed by atoms with E-state index < -0.39 is 10.0 Å². The van der Waals surface area contributed by atoms with E-state index in [1.54, 1.807) is 6.07 Å². The third-order valence-corrected chi connectivity index (χ3v) is 7.47. The Morgan fingerprint density at radius 1 is 0.926 bits per heavy atom. The van der Waals surface area contributed by atoms with Gasteiger partial charge >= 0.3 is 0 Å². The van der Waals surface area contributed by atoms with Gasteiger partial charge in [0.1, 0.15) is 4.90 Å². The number of benzene rings is 2. The first kappa shape index (κ1) is 21.4. The summed E-state index contributed by atoms with van der Waals surface area (Å²) in [5, 5.41) is 2.92. The van der Waals surface area contributed by atoms with E-state index in [1.165, 1.54) is 31.8 Å². The molecule has 0 aliphatic rings. The average Bonchev–Trinajstić information content (AvgIpc) is 2.59. The van der Waals surface area contributed by atoms with Crippen LogP contribution < -0.4 is 5.32 Å². The number of carbonyl (C=O) groups is 1. The number of hydrogen-bond acceptors (Lipinski definition) is 3. The second-order valence-corrected chi connectivity index (χ2v) is 9.41. The SMILES string of the molecule is Cc1c(C)c(C)c(C(=O)Nc2ccc(Cl)c(S(=O)(=O)N(C)C)c2)c(C)c1C. The molecule has 5 nitrogen and oxygen atoms in total. The number of hydrogen-bond donors (Lipinski definition) is 1. The standard InChI is InChI=1S/C20H25ClN2O3S/c1-11-12(2)14(4)19(15(5)13(11)3)20(24)22-16-8-9-17(21)18(10-16)27(25,26)23(6)7/h8-10H,1-7H3,(H,22,24). The van der Waals surface area contributed by atoms with Crippen LogP contribution in [0.2, 0.25) is 5.02 Å². The molecule has 2 aromatic carbocycles. The van der Waals surface area contributed by atoms with E-state index in [0.29, 0.717) is 11.3 Å². The second-order valence-electron chi connectivity index (χ2n) is 6.89. The van der Waals surface area contributed by atoms with Crippen LogP contribution in [-0.4, -0.2) is 32.7 Å². The van der Waals surface area contributed by atoms with Crippen LogP contribution in [0.5, 0.6) is 0 Å². The summed E-state index contributed by atoms with van der Waals surface area (Å²) in [5.74, 6) is -0.272. The van der Waals surface area contributed by atoms with Gasteiger partial charge in [0, 0.05) is 25.3 Å². The highest BCUT2D eigenvalue weighted by atomic mass is 35.5. The lowest BCUT2D eigenvalue weighted by Gasteiger charge is -2.19. The molecule has 1 amide bonds. The van der Waals surface area contributed by atoms with Gasteiger partial charge in [-0.15, -0.1) is 0 Å². The summed E-state index contributed by atoms with van der Waals surface area (Å²) in [4.78, 5) is 12.9. The minimum absolute atomic E-state index is 0.0447. The van der Waals surface area contributed by atoms with Crippen molar-refractivity contribution in [2.75, 3.05) is 19.4 Å². The largest absolute Gasteiger partial charge is 0.322 e. The zero-order valence-electron chi connectivity index (χ0n) is 16.7. The Kier molecular flexibility index (Phi) is 6.04. The molecule has 7 heteroatoms. The molecular weight excluding hydrogens is 384 g/mol. The van der Waals surface area contributed by atoms with Crippen LogP contribution in [0.15, 0.2) is 23.1 Å². The van der Waals surface area contributed by atoms with Gasteiger partial charge in [-0.2, -0.15) is 0 Å². The summed E-state index contributed by atoms with van der Waals surface area (Å²) in [6.07, 6.45) is 0. The third kappa shape index (κ3) is 3.88. The lowest BCUT2D eigenvalue weighted by molar-refractivity contribution is 0.102. The van der Waals surface area contributed by atoms with Gasteiger partial charge in [0.2, 0.25) is 10.0 Å². The summed E-state index contributed by atoms with van der Waals surface area (Å²) < 4.78 is 25.9. The Hall–Kier alpha value is -1.89. The monoisotopic (exact) mass is 408 g/mol. The van der Waals surface area contributed by atoms with Crippen molar-refractivity contribution >= 4 is 33.2 Å². The quantitative estimate of drug-likeness (QED) is 0.816. The molecule has 0 aliphatic heterocycles. The molecule has 0 unspecified atom stereocenters. The van der Waals surface area contributed by atoms with Crippen molar-refractivity contribution in [2.45, 2.75) is 39.5 Å². The van der Waals surface area contributed by atoms with Gasteiger partial charge in [-0.05, 0) is 80.6 Å². The molecule has 2 rings (SSSR count). The van der Waals surface area contributed by atoms with E-state index >= 15 is 0 Å². The van der Waals surface area contributed by atoms with Gasteiger partial charge in [0.05, 0.1) is 5.02 Å². The maximum atomic E-state index is 12.9. The van der Waals surface area contributed by atoms with Crippen molar-refractivity contribution in [2.24, 2.45) is 0 Å². The topological polar surface area (TPSA) is 66.5 Å². The first-order valence-electron chi connectivity index (χ1n) is 8.50. The molecule has 0 spiro atoms. The van der Waals surface area contributed by atoms with Crippen molar-refractivity contribution in [1.82, 2.24) is 4.31 Å². The molecule has 0 atom stereocenters. The fraction of sp³-hybridized carbons (Fsp3) is 0.350. The molecule has 0 radical (unpaired) electrons. The molecule has 0 aliphatic carbocycles. The Morgan fingerprint density at radius 3 is 1.89 bits per heavy atom. The van der Waals surface area contributed by atoms with E-state index in [9.17, 15) is 13.2 Å². The Balaban J connectivity index is 2.50. The fourth-order valence-corrected chi connectivity index (χ4v) is 4.40. The fourth-order valence-electron chi connectivity index (χ4n) is 3.01. The number of sulfonamides is 1. The normalized spacial score (nSPS) is 11.7. The van der Waals surface area contributed by atoms with Crippen LogP contribution in [0.3, 0.4) is 0 Å².